The van der Waals surface area contributed by atoms with Gasteiger partial charge >= 0.3 is 0 Å². The summed E-state index contributed by atoms with van der Waals surface area (Å²) in [6.07, 6.45) is 0. The van der Waals surface area contributed by atoms with Crippen molar-refractivity contribution in [2.45, 2.75) is 13.0 Å². The van der Waals surface area contributed by atoms with Crippen molar-refractivity contribution in [2.75, 3.05) is 33.0 Å². The van der Waals surface area contributed by atoms with Crippen LogP contribution in [0.3, 0.4) is 0 Å². The number of amides is 2. The summed E-state index contributed by atoms with van der Waals surface area (Å²) in [7, 11) is 5.07. The van der Waals surface area contributed by atoms with Crippen LogP contribution < -0.4 is 5.32 Å². The van der Waals surface area contributed by atoms with E-state index in [2.05, 4.69) is 5.32 Å². The van der Waals surface area contributed by atoms with Gasteiger partial charge in [-0.3, -0.25) is 14.5 Å². The van der Waals surface area contributed by atoms with Crippen LogP contribution in [0.2, 0.25) is 0 Å². The van der Waals surface area contributed by atoms with Gasteiger partial charge < -0.3 is 10.2 Å². The van der Waals surface area contributed by atoms with E-state index in [0.717, 1.165) is 0 Å². The second-order valence-corrected chi connectivity index (χ2v) is 5.06. The molecule has 0 aliphatic heterocycles. The number of nitriles is 1. The first-order valence-electron chi connectivity index (χ1n) is 6.56. The molecule has 0 spiro atoms. The number of benzene rings is 1. The van der Waals surface area contributed by atoms with Gasteiger partial charge in [-0.2, -0.15) is 5.26 Å². The average molecular weight is 288 g/mol. The summed E-state index contributed by atoms with van der Waals surface area (Å²) in [6.45, 7) is 1.90. The molecule has 1 rings (SSSR count). The van der Waals surface area contributed by atoms with Crippen LogP contribution in [0.1, 0.15) is 12.5 Å². The summed E-state index contributed by atoms with van der Waals surface area (Å²) in [4.78, 5) is 26.9. The molecule has 0 fully saturated rings. The Hall–Kier alpha value is -2.39. The predicted octanol–water partition coefficient (Wildman–Crippen LogP) is 0.905. The summed E-state index contributed by atoms with van der Waals surface area (Å²) in [5, 5.41) is 11.6. The van der Waals surface area contributed by atoms with Gasteiger partial charge in [-0.05, 0) is 32.2 Å². The zero-order valence-corrected chi connectivity index (χ0v) is 12.8. The van der Waals surface area contributed by atoms with Gasteiger partial charge in [-0.1, -0.05) is 6.07 Å². The van der Waals surface area contributed by atoms with Gasteiger partial charge in [-0.15, -0.1) is 0 Å². The van der Waals surface area contributed by atoms with Crippen LogP contribution in [0.5, 0.6) is 0 Å². The lowest BCUT2D eigenvalue weighted by Crippen LogP contribution is -2.44. The molecule has 1 atom stereocenters. The molecule has 6 heteroatoms. The fourth-order valence-electron chi connectivity index (χ4n) is 1.61. The number of nitrogens with zero attached hydrogens (tertiary/aromatic N) is 3. The molecule has 0 heterocycles. The zero-order chi connectivity index (χ0) is 16.0. The quantitative estimate of drug-likeness (QED) is 0.873. The van der Waals surface area contributed by atoms with Crippen molar-refractivity contribution in [2.24, 2.45) is 0 Å². The minimum atomic E-state index is -0.459. The number of carbonyl (C=O) groups excluding carboxylic acids is 2. The van der Waals surface area contributed by atoms with E-state index in [0.29, 0.717) is 11.3 Å². The first-order valence-corrected chi connectivity index (χ1v) is 6.56. The maximum Gasteiger partial charge on any atom is 0.241 e. The molecule has 0 saturated heterocycles. The fraction of sp³-hybridized carbons (Fsp3) is 0.400. The normalized spacial score (nSPS) is 11.6. The molecular weight excluding hydrogens is 268 g/mol. The SMILES string of the molecule is CC(C(=O)Nc1cccc(C#N)c1)N(C)CC(=O)N(C)C. The maximum atomic E-state index is 12.1. The number of likely N-dealkylation sites (N-methyl/N-ethyl adjacent to an activating group) is 2. The van der Waals surface area contributed by atoms with Crippen molar-refractivity contribution in [1.82, 2.24) is 9.80 Å². The van der Waals surface area contributed by atoms with Crippen molar-refractivity contribution in [3.8, 4) is 6.07 Å². The molecule has 0 radical (unpaired) electrons. The predicted molar refractivity (Wildman–Crippen MR) is 80.6 cm³/mol. The largest absolute Gasteiger partial charge is 0.348 e. The number of hydrogen-bond acceptors (Lipinski definition) is 4. The number of rotatable bonds is 5. The highest BCUT2D eigenvalue weighted by Crippen LogP contribution is 2.11. The topological polar surface area (TPSA) is 76.4 Å². The molecule has 1 unspecified atom stereocenters. The van der Waals surface area contributed by atoms with Crippen molar-refractivity contribution >= 4 is 17.5 Å². The number of anilines is 1. The van der Waals surface area contributed by atoms with Crippen molar-refractivity contribution in [3.63, 3.8) is 0 Å². The van der Waals surface area contributed by atoms with Gasteiger partial charge in [0.15, 0.2) is 0 Å². The van der Waals surface area contributed by atoms with Crippen LogP contribution in [0.4, 0.5) is 5.69 Å². The van der Waals surface area contributed by atoms with Crippen molar-refractivity contribution in [1.29, 1.82) is 5.26 Å². The minimum Gasteiger partial charge on any atom is -0.348 e. The summed E-state index contributed by atoms with van der Waals surface area (Å²) in [5.41, 5.74) is 1.05. The monoisotopic (exact) mass is 288 g/mol. The molecule has 6 nitrogen and oxygen atoms in total. The molecule has 2 amide bonds. The Morgan fingerprint density at radius 3 is 2.57 bits per heavy atom. The summed E-state index contributed by atoms with van der Waals surface area (Å²) in [6, 6.07) is 8.26. The van der Waals surface area contributed by atoms with E-state index < -0.39 is 6.04 Å². The van der Waals surface area contributed by atoms with Crippen LogP contribution in [0.25, 0.3) is 0 Å². The molecule has 1 aromatic rings. The lowest BCUT2D eigenvalue weighted by molar-refractivity contribution is -0.131. The van der Waals surface area contributed by atoms with Crippen LogP contribution >= 0.6 is 0 Å². The minimum absolute atomic E-state index is 0.0661. The molecule has 0 aliphatic rings. The Bertz CT molecular complexity index is 563. The highest BCUT2D eigenvalue weighted by Gasteiger charge is 2.20. The fourth-order valence-corrected chi connectivity index (χ4v) is 1.61. The Kier molecular flexibility index (Phi) is 5.88. The highest BCUT2D eigenvalue weighted by atomic mass is 16.2. The second-order valence-electron chi connectivity index (χ2n) is 5.06. The Balaban J connectivity index is 2.66. The molecule has 0 aromatic heterocycles. The second kappa shape index (κ2) is 7.41. The van der Waals surface area contributed by atoms with Gasteiger partial charge in [0.1, 0.15) is 0 Å². The lowest BCUT2D eigenvalue weighted by Gasteiger charge is -2.24. The van der Waals surface area contributed by atoms with E-state index in [1.54, 1.807) is 57.2 Å². The molecule has 1 N–H and O–H groups in total. The Labute approximate surface area is 125 Å². The number of carbonyl (C=O) groups is 2. The van der Waals surface area contributed by atoms with Gasteiger partial charge in [0.05, 0.1) is 24.2 Å². The van der Waals surface area contributed by atoms with E-state index in [-0.39, 0.29) is 18.4 Å². The maximum absolute atomic E-state index is 12.1. The smallest absolute Gasteiger partial charge is 0.241 e. The molecule has 0 saturated carbocycles. The zero-order valence-electron chi connectivity index (χ0n) is 12.8. The van der Waals surface area contributed by atoms with E-state index in [4.69, 9.17) is 5.26 Å². The van der Waals surface area contributed by atoms with Crippen LogP contribution in [-0.2, 0) is 9.59 Å². The third-order valence-corrected chi connectivity index (χ3v) is 3.18. The molecule has 21 heavy (non-hydrogen) atoms. The molecule has 0 bridgehead atoms. The van der Waals surface area contributed by atoms with Crippen LogP contribution in [0, 0.1) is 11.3 Å². The summed E-state index contributed by atoms with van der Waals surface area (Å²) >= 11 is 0. The Morgan fingerprint density at radius 1 is 1.33 bits per heavy atom. The first-order chi connectivity index (χ1) is 9.85. The van der Waals surface area contributed by atoms with E-state index in [1.165, 1.54) is 4.90 Å². The van der Waals surface area contributed by atoms with E-state index >= 15 is 0 Å². The summed E-state index contributed by atoms with van der Waals surface area (Å²) < 4.78 is 0. The Morgan fingerprint density at radius 2 is 2.00 bits per heavy atom. The molecular formula is C15H20N4O2. The lowest BCUT2D eigenvalue weighted by atomic mass is 10.2. The van der Waals surface area contributed by atoms with Gasteiger partial charge in [0.25, 0.3) is 0 Å². The van der Waals surface area contributed by atoms with Crippen LogP contribution in [-0.4, -0.2) is 55.3 Å². The molecule has 112 valence electrons. The number of nitrogens with one attached hydrogen (secondary N) is 1. The molecule has 0 aliphatic carbocycles. The number of hydrogen-bond donors (Lipinski definition) is 1. The average Bonchev–Trinajstić information content (AvgIpc) is 2.46. The third-order valence-electron chi connectivity index (χ3n) is 3.18. The van der Waals surface area contributed by atoms with Crippen molar-refractivity contribution < 1.29 is 9.59 Å². The highest BCUT2D eigenvalue weighted by molar-refractivity contribution is 5.95. The first kappa shape index (κ1) is 16.7. The third kappa shape index (κ3) is 4.89. The van der Waals surface area contributed by atoms with Gasteiger partial charge in [-0.25, -0.2) is 0 Å². The molecule has 1 aromatic carbocycles. The van der Waals surface area contributed by atoms with E-state index in [1.807, 2.05) is 6.07 Å². The van der Waals surface area contributed by atoms with Gasteiger partial charge in [0.2, 0.25) is 11.8 Å². The standard InChI is InChI=1S/C15H20N4O2/c1-11(19(4)10-14(20)18(2)3)15(21)17-13-7-5-6-12(8-13)9-16/h5-8,11H,10H2,1-4H3,(H,17,21). The van der Waals surface area contributed by atoms with Gasteiger partial charge in [0, 0.05) is 19.8 Å². The van der Waals surface area contributed by atoms with E-state index in [9.17, 15) is 9.59 Å². The van der Waals surface area contributed by atoms with Crippen molar-refractivity contribution in [3.05, 3.63) is 29.8 Å². The van der Waals surface area contributed by atoms with Crippen LogP contribution in [0.15, 0.2) is 24.3 Å². The summed E-state index contributed by atoms with van der Waals surface area (Å²) in [5.74, 6) is -0.289.